The Morgan fingerprint density at radius 2 is 1.71 bits per heavy atom. The molecule has 0 atom stereocenters. The average Bonchev–Trinajstić information content (AvgIpc) is 2.38. The summed E-state index contributed by atoms with van der Waals surface area (Å²) >= 11 is 3.41. The maximum atomic E-state index is 5.76. The lowest BCUT2D eigenvalue weighted by atomic mass is 10.2. The Hall–Kier alpha value is -1.32. The molecular formula is C14H14BrNO. The highest BCUT2D eigenvalue weighted by Crippen LogP contribution is 2.19. The van der Waals surface area contributed by atoms with Crippen LogP contribution in [0.15, 0.2) is 53.0 Å². The number of benzene rings is 2. The van der Waals surface area contributed by atoms with Crippen LogP contribution in [-0.2, 0) is 13.2 Å². The fraction of sp³-hybridized carbons (Fsp3) is 0.143. The first kappa shape index (κ1) is 12.1. The Bertz CT molecular complexity index is 482. The number of halogens is 1. The van der Waals surface area contributed by atoms with Crippen molar-refractivity contribution in [3.05, 3.63) is 64.1 Å². The van der Waals surface area contributed by atoms with Gasteiger partial charge in [0.2, 0.25) is 0 Å². The van der Waals surface area contributed by atoms with E-state index in [4.69, 9.17) is 10.5 Å². The normalized spacial score (nSPS) is 10.2. The molecule has 0 spiro atoms. The Labute approximate surface area is 110 Å². The van der Waals surface area contributed by atoms with Crippen LogP contribution in [0.3, 0.4) is 0 Å². The minimum absolute atomic E-state index is 0.497. The first-order valence-electron chi connectivity index (χ1n) is 5.45. The highest BCUT2D eigenvalue weighted by atomic mass is 79.9. The zero-order chi connectivity index (χ0) is 12.1. The minimum atomic E-state index is 0.497. The number of para-hydroxylation sites is 1. The third-order valence-corrected chi connectivity index (χ3v) is 3.03. The predicted octanol–water partition coefficient (Wildman–Crippen LogP) is 3.49. The average molecular weight is 292 g/mol. The predicted molar refractivity (Wildman–Crippen MR) is 72.8 cm³/mol. The molecule has 17 heavy (non-hydrogen) atoms. The van der Waals surface area contributed by atoms with Crippen LogP contribution in [0.2, 0.25) is 0 Å². The molecule has 2 aromatic rings. The van der Waals surface area contributed by atoms with Crippen molar-refractivity contribution in [1.82, 2.24) is 0 Å². The SMILES string of the molecule is NCc1ccccc1OCc1ccc(Br)cc1. The molecule has 0 aliphatic carbocycles. The molecule has 0 radical (unpaired) electrons. The molecule has 0 bridgehead atoms. The molecule has 2 N–H and O–H groups in total. The zero-order valence-corrected chi connectivity index (χ0v) is 11.0. The van der Waals surface area contributed by atoms with Crippen molar-refractivity contribution < 1.29 is 4.74 Å². The summed E-state index contributed by atoms with van der Waals surface area (Å²) in [5.41, 5.74) is 7.82. The van der Waals surface area contributed by atoms with Crippen LogP contribution in [0.25, 0.3) is 0 Å². The smallest absolute Gasteiger partial charge is 0.124 e. The van der Waals surface area contributed by atoms with E-state index in [-0.39, 0.29) is 0 Å². The van der Waals surface area contributed by atoms with Gasteiger partial charge in [-0.05, 0) is 23.8 Å². The lowest BCUT2D eigenvalue weighted by molar-refractivity contribution is 0.303. The summed E-state index contributed by atoms with van der Waals surface area (Å²) in [4.78, 5) is 0. The molecule has 2 rings (SSSR count). The van der Waals surface area contributed by atoms with Gasteiger partial charge in [-0.3, -0.25) is 0 Å². The van der Waals surface area contributed by atoms with Gasteiger partial charge in [0.05, 0.1) is 0 Å². The molecular weight excluding hydrogens is 278 g/mol. The fourth-order valence-corrected chi connectivity index (χ4v) is 1.82. The fourth-order valence-electron chi connectivity index (χ4n) is 1.55. The van der Waals surface area contributed by atoms with Crippen molar-refractivity contribution in [2.24, 2.45) is 5.73 Å². The van der Waals surface area contributed by atoms with Gasteiger partial charge in [-0.15, -0.1) is 0 Å². The van der Waals surface area contributed by atoms with Gasteiger partial charge in [0.25, 0.3) is 0 Å². The van der Waals surface area contributed by atoms with Crippen LogP contribution in [0.4, 0.5) is 0 Å². The third kappa shape index (κ3) is 3.32. The molecule has 88 valence electrons. The molecule has 0 fully saturated rings. The number of rotatable bonds is 4. The molecule has 0 unspecified atom stereocenters. The van der Waals surface area contributed by atoms with Crippen LogP contribution in [0.1, 0.15) is 11.1 Å². The number of ether oxygens (including phenoxy) is 1. The minimum Gasteiger partial charge on any atom is -0.489 e. The van der Waals surface area contributed by atoms with E-state index >= 15 is 0 Å². The molecule has 3 heteroatoms. The second kappa shape index (κ2) is 5.84. The summed E-state index contributed by atoms with van der Waals surface area (Å²) in [5, 5.41) is 0. The Kier molecular flexibility index (Phi) is 4.18. The molecule has 2 aromatic carbocycles. The summed E-state index contributed by atoms with van der Waals surface area (Å²) in [5.74, 6) is 0.859. The highest BCUT2D eigenvalue weighted by molar-refractivity contribution is 9.10. The van der Waals surface area contributed by atoms with Crippen LogP contribution in [0.5, 0.6) is 5.75 Å². The largest absolute Gasteiger partial charge is 0.489 e. The van der Waals surface area contributed by atoms with Gasteiger partial charge in [-0.25, -0.2) is 0 Å². The van der Waals surface area contributed by atoms with Crippen LogP contribution >= 0.6 is 15.9 Å². The van der Waals surface area contributed by atoms with E-state index in [1.807, 2.05) is 48.5 Å². The van der Waals surface area contributed by atoms with E-state index < -0.39 is 0 Å². The van der Waals surface area contributed by atoms with Crippen LogP contribution < -0.4 is 10.5 Å². The van der Waals surface area contributed by atoms with Crippen molar-refractivity contribution in [3.8, 4) is 5.75 Å². The third-order valence-electron chi connectivity index (χ3n) is 2.50. The molecule has 0 heterocycles. The van der Waals surface area contributed by atoms with E-state index in [0.717, 1.165) is 21.3 Å². The van der Waals surface area contributed by atoms with Gasteiger partial charge >= 0.3 is 0 Å². The van der Waals surface area contributed by atoms with E-state index in [9.17, 15) is 0 Å². The zero-order valence-electron chi connectivity index (χ0n) is 9.40. The summed E-state index contributed by atoms with van der Waals surface area (Å²) in [6.45, 7) is 1.06. The van der Waals surface area contributed by atoms with Gasteiger partial charge < -0.3 is 10.5 Å². The first-order chi connectivity index (χ1) is 8.29. The lowest BCUT2D eigenvalue weighted by Gasteiger charge is -2.10. The molecule has 0 saturated heterocycles. The number of hydrogen-bond donors (Lipinski definition) is 1. The Morgan fingerprint density at radius 1 is 1.00 bits per heavy atom. The maximum absolute atomic E-state index is 5.76. The van der Waals surface area contributed by atoms with Gasteiger partial charge in [0.1, 0.15) is 12.4 Å². The second-order valence-corrected chi connectivity index (χ2v) is 4.64. The molecule has 0 saturated carbocycles. The van der Waals surface area contributed by atoms with Gasteiger partial charge in [0.15, 0.2) is 0 Å². The molecule has 0 aliphatic heterocycles. The maximum Gasteiger partial charge on any atom is 0.124 e. The summed E-state index contributed by atoms with van der Waals surface area (Å²) < 4.78 is 6.83. The van der Waals surface area contributed by atoms with Gasteiger partial charge in [0, 0.05) is 16.6 Å². The number of hydrogen-bond acceptors (Lipinski definition) is 2. The molecule has 0 amide bonds. The first-order valence-corrected chi connectivity index (χ1v) is 6.24. The van der Waals surface area contributed by atoms with E-state index in [1.165, 1.54) is 0 Å². The standard InChI is InChI=1S/C14H14BrNO/c15-13-7-5-11(6-8-13)10-17-14-4-2-1-3-12(14)9-16/h1-8H,9-10,16H2. The highest BCUT2D eigenvalue weighted by Gasteiger charge is 2.01. The summed E-state index contributed by atoms with van der Waals surface area (Å²) in [7, 11) is 0. The molecule has 0 aliphatic rings. The van der Waals surface area contributed by atoms with Crippen molar-refractivity contribution >= 4 is 15.9 Å². The van der Waals surface area contributed by atoms with E-state index in [2.05, 4.69) is 15.9 Å². The monoisotopic (exact) mass is 291 g/mol. The molecule has 2 nitrogen and oxygen atoms in total. The van der Waals surface area contributed by atoms with Gasteiger partial charge in [-0.1, -0.05) is 46.3 Å². The topological polar surface area (TPSA) is 35.2 Å². The van der Waals surface area contributed by atoms with Crippen molar-refractivity contribution in [2.75, 3.05) is 0 Å². The second-order valence-electron chi connectivity index (χ2n) is 3.73. The molecule has 0 aromatic heterocycles. The summed E-state index contributed by atoms with van der Waals surface area (Å²) in [6, 6.07) is 15.9. The summed E-state index contributed by atoms with van der Waals surface area (Å²) in [6.07, 6.45) is 0. The quantitative estimate of drug-likeness (QED) is 0.936. The Balaban J connectivity index is 2.04. The van der Waals surface area contributed by atoms with E-state index in [0.29, 0.717) is 13.2 Å². The van der Waals surface area contributed by atoms with Crippen molar-refractivity contribution in [2.45, 2.75) is 13.2 Å². The van der Waals surface area contributed by atoms with Crippen molar-refractivity contribution in [3.63, 3.8) is 0 Å². The van der Waals surface area contributed by atoms with Crippen LogP contribution in [0, 0.1) is 0 Å². The lowest BCUT2D eigenvalue weighted by Crippen LogP contribution is -2.02. The van der Waals surface area contributed by atoms with Crippen molar-refractivity contribution in [1.29, 1.82) is 0 Å². The van der Waals surface area contributed by atoms with Crippen LogP contribution in [-0.4, -0.2) is 0 Å². The number of nitrogens with two attached hydrogens (primary N) is 1. The Morgan fingerprint density at radius 3 is 2.41 bits per heavy atom. The van der Waals surface area contributed by atoms with Gasteiger partial charge in [-0.2, -0.15) is 0 Å². The van der Waals surface area contributed by atoms with E-state index in [1.54, 1.807) is 0 Å².